The molecule has 118 valence electrons. The van der Waals surface area contributed by atoms with Crippen LogP contribution >= 0.6 is 0 Å². The molecule has 0 fully saturated rings. The molecule has 6 nitrogen and oxygen atoms in total. The van der Waals surface area contributed by atoms with Crippen LogP contribution in [0.15, 0.2) is 24.4 Å². The summed E-state index contributed by atoms with van der Waals surface area (Å²) in [5.41, 5.74) is 6.24. The molecule has 0 bridgehead atoms. The molecule has 0 saturated carbocycles. The van der Waals surface area contributed by atoms with E-state index in [0.29, 0.717) is 6.54 Å². The molecule has 2 amide bonds. The number of pyridine rings is 1. The van der Waals surface area contributed by atoms with Gasteiger partial charge in [-0.1, -0.05) is 19.9 Å². The van der Waals surface area contributed by atoms with Gasteiger partial charge in [0.05, 0.1) is 0 Å². The van der Waals surface area contributed by atoms with Gasteiger partial charge in [0.15, 0.2) is 0 Å². The Bertz CT molecular complexity index is 423. The molecule has 0 aliphatic rings. The minimum absolute atomic E-state index is 0.262. The summed E-state index contributed by atoms with van der Waals surface area (Å²) in [5.74, 6) is -0.790. The number of likely N-dealkylation sites (N-methyl/N-ethyl adjacent to an activating group) is 1. The fourth-order valence-corrected chi connectivity index (χ4v) is 1.71. The predicted octanol–water partition coefficient (Wildman–Crippen LogP) is 0.572. The van der Waals surface area contributed by atoms with E-state index >= 15 is 0 Å². The third-order valence-corrected chi connectivity index (χ3v) is 2.69. The number of carbonyl (C=O) groups excluding carboxylic acids is 2. The Morgan fingerprint density at radius 2 is 2.05 bits per heavy atom. The lowest BCUT2D eigenvalue weighted by Crippen LogP contribution is -2.50. The van der Waals surface area contributed by atoms with E-state index < -0.39 is 11.9 Å². The second-order valence-electron chi connectivity index (χ2n) is 4.49. The van der Waals surface area contributed by atoms with E-state index in [1.807, 2.05) is 44.0 Å². The first-order chi connectivity index (χ1) is 9.99. The van der Waals surface area contributed by atoms with Crippen LogP contribution in [0.5, 0.6) is 0 Å². The fourth-order valence-electron chi connectivity index (χ4n) is 1.71. The summed E-state index contributed by atoms with van der Waals surface area (Å²) in [6, 6.07) is 5.10. The zero-order valence-electron chi connectivity index (χ0n) is 13.3. The van der Waals surface area contributed by atoms with E-state index in [2.05, 4.69) is 10.3 Å². The molecule has 1 rings (SSSR count). The third kappa shape index (κ3) is 8.75. The van der Waals surface area contributed by atoms with Crippen molar-refractivity contribution in [2.45, 2.75) is 33.2 Å². The Balaban J connectivity index is 0.00000191. The van der Waals surface area contributed by atoms with E-state index in [0.717, 1.165) is 18.7 Å². The number of rotatable bonds is 7. The van der Waals surface area contributed by atoms with Gasteiger partial charge in [-0.05, 0) is 19.2 Å². The van der Waals surface area contributed by atoms with Gasteiger partial charge in [-0.25, -0.2) is 0 Å². The summed E-state index contributed by atoms with van der Waals surface area (Å²) >= 11 is 0. The minimum atomic E-state index is -0.661. The van der Waals surface area contributed by atoms with Gasteiger partial charge in [0.1, 0.15) is 6.04 Å². The second-order valence-corrected chi connectivity index (χ2v) is 4.49. The maximum atomic E-state index is 11.2. The molecular weight excluding hydrogens is 268 g/mol. The molecule has 3 N–H and O–H groups in total. The van der Waals surface area contributed by atoms with Crippen molar-refractivity contribution in [2.75, 3.05) is 20.1 Å². The number of nitrogens with zero attached hydrogens (tertiary/aromatic N) is 2. The molecule has 0 aliphatic heterocycles. The van der Waals surface area contributed by atoms with E-state index in [-0.39, 0.29) is 5.91 Å². The monoisotopic (exact) mass is 294 g/mol. The Morgan fingerprint density at radius 1 is 1.38 bits per heavy atom. The molecule has 1 atom stereocenters. The van der Waals surface area contributed by atoms with Crippen molar-refractivity contribution in [1.82, 2.24) is 15.2 Å². The van der Waals surface area contributed by atoms with Crippen LogP contribution in [0.2, 0.25) is 0 Å². The van der Waals surface area contributed by atoms with Gasteiger partial charge >= 0.3 is 0 Å². The lowest BCUT2D eigenvalue weighted by molar-refractivity contribution is -0.126. The van der Waals surface area contributed by atoms with Crippen LogP contribution in [0.1, 0.15) is 26.5 Å². The maximum absolute atomic E-state index is 11.2. The molecule has 1 heterocycles. The molecular formula is C15H26N4O2. The van der Waals surface area contributed by atoms with E-state index in [9.17, 15) is 9.59 Å². The van der Waals surface area contributed by atoms with Crippen LogP contribution in [0.25, 0.3) is 0 Å². The quantitative estimate of drug-likeness (QED) is 0.769. The highest BCUT2D eigenvalue weighted by Gasteiger charge is 2.18. The fraction of sp³-hybridized carbons (Fsp3) is 0.533. The standard InChI is InChI=1S/C13H20N4O2.C2H6/c1-10(18)16-12(13(14)19)9-17(2)8-6-11-5-3-4-7-15-11;1-2/h3-5,7,12H,6,8-9H2,1-2H3,(H2,14,19)(H,16,18);1-2H3. The highest BCUT2D eigenvalue weighted by molar-refractivity contribution is 5.85. The summed E-state index contributed by atoms with van der Waals surface area (Å²) in [5, 5.41) is 2.54. The van der Waals surface area contributed by atoms with Crippen LogP contribution in [0, 0.1) is 0 Å². The van der Waals surface area contributed by atoms with Crippen molar-refractivity contribution in [3.05, 3.63) is 30.1 Å². The van der Waals surface area contributed by atoms with Gasteiger partial charge in [-0.3, -0.25) is 14.6 Å². The molecule has 0 aromatic carbocycles. The first kappa shape index (κ1) is 19.1. The average Bonchev–Trinajstić information content (AvgIpc) is 2.47. The number of nitrogens with two attached hydrogens (primary N) is 1. The van der Waals surface area contributed by atoms with Crippen molar-refractivity contribution in [2.24, 2.45) is 5.73 Å². The van der Waals surface area contributed by atoms with Gasteiger partial charge in [0.25, 0.3) is 0 Å². The van der Waals surface area contributed by atoms with Crippen LogP contribution < -0.4 is 11.1 Å². The average molecular weight is 294 g/mol. The van der Waals surface area contributed by atoms with E-state index in [1.54, 1.807) is 6.20 Å². The number of aromatic nitrogens is 1. The van der Waals surface area contributed by atoms with Crippen molar-refractivity contribution in [3.8, 4) is 0 Å². The largest absolute Gasteiger partial charge is 0.368 e. The number of primary amides is 1. The van der Waals surface area contributed by atoms with Gasteiger partial charge in [-0.2, -0.15) is 0 Å². The Kier molecular flexibility index (Phi) is 9.79. The van der Waals surface area contributed by atoms with Gasteiger partial charge in [-0.15, -0.1) is 0 Å². The Labute approximate surface area is 126 Å². The summed E-state index contributed by atoms with van der Waals surface area (Å²) < 4.78 is 0. The summed E-state index contributed by atoms with van der Waals surface area (Å²) in [4.78, 5) is 28.4. The normalized spacial score (nSPS) is 11.3. The predicted molar refractivity (Wildman–Crippen MR) is 83.6 cm³/mol. The van der Waals surface area contributed by atoms with Gasteiger partial charge in [0.2, 0.25) is 11.8 Å². The molecule has 0 spiro atoms. The molecule has 0 aliphatic carbocycles. The summed E-state index contributed by atoms with van der Waals surface area (Å²) in [6.45, 7) is 6.49. The second kappa shape index (κ2) is 10.8. The number of carbonyl (C=O) groups is 2. The SMILES string of the molecule is CC.CC(=O)NC(CN(C)CCc1ccccn1)C(N)=O. The summed E-state index contributed by atoms with van der Waals surface area (Å²) in [7, 11) is 1.88. The maximum Gasteiger partial charge on any atom is 0.241 e. The zero-order valence-corrected chi connectivity index (χ0v) is 13.3. The Hall–Kier alpha value is -1.95. The molecule has 1 aromatic heterocycles. The summed E-state index contributed by atoms with van der Waals surface area (Å²) in [6.07, 6.45) is 2.53. The molecule has 1 aromatic rings. The van der Waals surface area contributed by atoms with Crippen molar-refractivity contribution < 1.29 is 9.59 Å². The van der Waals surface area contributed by atoms with Crippen molar-refractivity contribution in [1.29, 1.82) is 0 Å². The number of amides is 2. The highest BCUT2D eigenvalue weighted by atomic mass is 16.2. The van der Waals surface area contributed by atoms with Crippen LogP contribution in [0.3, 0.4) is 0 Å². The van der Waals surface area contributed by atoms with E-state index in [1.165, 1.54) is 6.92 Å². The van der Waals surface area contributed by atoms with E-state index in [4.69, 9.17) is 5.73 Å². The number of hydrogen-bond donors (Lipinski definition) is 2. The van der Waals surface area contributed by atoms with Gasteiger partial charge in [0, 0.05) is 38.3 Å². The Morgan fingerprint density at radius 3 is 2.52 bits per heavy atom. The van der Waals surface area contributed by atoms with Gasteiger partial charge < -0.3 is 16.0 Å². The van der Waals surface area contributed by atoms with Crippen LogP contribution in [-0.2, 0) is 16.0 Å². The lowest BCUT2D eigenvalue weighted by Gasteiger charge is -2.22. The number of nitrogens with one attached hydrogen (secondary N) is 1. The van der Waals surface area contributed by atoms with Crippen LogP contribution in [0.4, 0.5) is 0 Å². The van der Waals surface area contributed by atoms with Crippen LogP contribution in [-0.4, -0.2) is 47.9 Å². The minimum Gasteiger partial charge on any atom is -0.368 e. The first-order valence-electron chi connectivity index (χ1n) is 7.14. The molecule has 6 heteroatoms. The topological polar surface area (TPSA) is 88.3 Å². The molecule has 21 heavy (non-hydrogen) atoms. The molecule has 0 saturated heterocycles. The highest BCUT2D eigenvalue weighted by Crippen LogP contribution is 1.97. The zero-order chi connectivity index (χ0) is 16.3. The molecule has 0 radical (unpaired) electrons. The van der Waals surface area contributed by atoms with Crippen molar-refractivity contribution >= 4 is 11.8 Å². The number of hydrogen-bond acceptors (Lipinski definition) is 4. The third-order valence-electron chi connectivity index (χ3n) is 2.69. The van der Waals surface area contributed by atoms with Crippen molar-refractivity contribution in [3.63, 3.8) is 0 Å². The molecule has 1 unspecified atom stereocenters. The lowest BCUT2D eigenvalue weighted by atomic mass is 10.2. The smallest absolute Gasteiger partial charge is 0.241 e. The first-order valence-corrected chi connectivity index (χ1v) is 7.14.